The van der Waals surface area contributed by atoms with Crippen LogP contribution in [-0.4, -0.2) is 18.2 Å². The molecule has 2 N–H and O–H groups in total. The monoisotopic (exact) mass is 207 g/mol. The molecule has 2 heteroatoms. The molecule has 0 saturated carbocycles. The lowest BCUT2D eigenvalue weighted by atomic mass is 9.92. The molecule has 1 atom stereocenters. The zero-order valence-corrected chi connectivity index (χ0v) is 9.88. The lowest BCUT2D eigenvalue weighted by molar-refractivity contribution is 0.0566. The van der Waals surface area contributed by atoms with Crippen molar-refractivity contribution < 1.29 is 5.11 Å². The SMILES string of the molecule is CCCNCC(C)(O)c1ccccc1C. The molecule has 1 aromatic rings. The molecule has 0 bridgehead atoms. The van der Waals surface area contributed by atoms with Crippen LogP contribution in [0.3, 0.4) is 0 Å². The van der Waals surface area contributed by atoms with Gasteiger partial charge in [-0.2, -0.15) is 0 Å². The largest absolute Gasteiger partial charge is 0.384 e. The normalized spacial score (nSPS) is 14.9. The quantitative estimate of drug-likeness (QED) is 0.725. The molecule has 1 unspecified atom stereocenters. The van der Waals surface area contributed by atoms with Crippen molar-refractivity contribution in [3.05, 3.63) is 35.4 Å². The number of benzene rings is 1. The Bertz CT molecular complexity index is 307. The molecule has 0 aliphatic carbocycles. The molecule has 0 aliphatic rings. The third-order valence-corrected chi connectivity index (χ3v) is 2.62. The van der Waals surface area contributed by atoms with E-state index < -0.39 is 5.60 Å². The first-order chi connectivity index (χ1) is 7.08. The highest BCUT2D eigenvalue weighted by Gasteiger charge is 2.23. The second-order valence-electron chi connectivity index (χ2n) is 4.27. The van der Waals surface area contributed by atoms with Gasteiger partial charge >= 0.3 is 0 Å². The summed E-state index contributed by atoms with van der Waals surface area (Å²) in [7, 11) is 0. The molecule has 0 radical (unpaired) electrons. The summed E-state index contributed by atoms with van der Waals surface area (Å²) in [5.74, 6) is 0. The van der Waals surface area contributed by atoms with E-state index in [1.807, 2.05) is 38.1 Å². The fourth-order valence-corrected chi connectivity index (χ4v) is 1.78. The Balaban J connectivity index is 2.72. The van der Waals surface area contributed by atoms with Gasteiger partial charge in [-0.1, -0.05) is 31.2 Å². The van der Waals surface area contributed by atoms with Gasteiger partial charge in [0.05, 0.1) is 5.60 Å². The van der Waals surface area contributed by atoms with Crippen molar-refractivity contribution in [3.63, 3.8) is 0 Å². The van der Waals surface area contributed by atoms with Gasteiger partial charge in [-0.05, 0) is 37.9 Å². The van der Waals surface area contributed by atoms with Gasteiger partial charge in [0.25, 0.3) is 0 Å². The maximum absolute atomic E-state index is 10.3. The molecule has 2 nitrogen and oxygen atoms in total. The molecular formula is C13H21NO. The molecular weight excluding hydrogens is 186 g/mol. The summed E-state index contributed by atoms with van der Waals surface area (Å²) in [5, 5.41) is 13.6. The van der Waals surface area contributed by atoms with Gasteiger partial charge in [0.15, 0.2) is 0 Å². The highest BCUT2D eigenvalue weighted by molar-refractivity contribution is 5.30. The van der Waals surface area contributed by atoms with Crippen molar-refractivity contribution in [1.29, 1.82) is 0 Å². The summed E-state index contributed by atoms with van der Waals surface area (Å²) in [6.07, 6.45) is 1.09. The Morgan fingerprint density at radius 2 is 2.00 bits per heavy atom. The van der Waals surface area contributed by atoms with Crippen LogP contribution in [-0.2, 0) is 5.60 Å². The van der Waals surface area contributed by atoms with E-state index in [9.17, 15) is 5.11 Å². The molecule has 0 heterocycles. The maximum atomic E-state index is 10.3. The number of nitrogens with one attached hydrogen (secondary N) is 1. The molecule has 0 spiro atoms. The van der Waals surface area contributed by atoms with Crippen molar-refractivity contribution in [1.82, 2.24) is 5.32 Å². The molecule has 0 aromatic heterocycles. The van der Waals surface area contributed by atoms with Crippen molar-refractivity contribution in [2.75, 3.05) is 13.1 Å². The van der Waals surface area contributed by atoms with Gasteiger partial charge in [-0.15, -0.1) is 0 Å². The van der Waals surface area contributed by atoms with Crippen molar-refractivity contribution in [2.24, 2.45) is 0 Å². The summed E-state index contributed by atoms with van der Waals surface area (Å²) in [4.78, 5) is 0. The molecule has 1 rings (SSSR count). The lowest BCUT2D eigenvalue weighted by Crippen LogP contribution is -2.36. The topological polar surface area (TPSA) is 32.3 Å². The van der Waals surface area contributed by atoms with E-state index in [0.717, 1.165) is 24.1 Å². The van der Waals surface area contributed by atoms with Crippen LogP contribution in [0, 0.1) is 6.92 Å². The van der Waals surface area contributed by atoms with Gasteiger partial charge in [0, 0.05) is 6.54 Å². The Morgan fingerprint density at radius 3 is 2.60 bits per heavy atom. The lowest BCUT2D eigenvalue weighted by Gasteiger charge is -2.26. The zero-order valence-electron chi connectivity index (χ0n) is 9.88. The van der Waals surface area contributed by atoms with E-state index in [4.69, 9.17) is 0 Å². The second-order valence-corrected chi connectivity index (χ2v) is 4.27. The first kappa shape index (κ1) is 12.2. The minimum absolute atomic E-state index is 0.603. The maximum Gasteiger partial charge on any atom is 0.0994 e. The smallest absolute Gasteiger partial charge is 0.0994 e. The fraction of sp³-hybridized carbons (Fsp3) is 0.538. The van der Waals surface area contributed by atoms with Crippen LogP contribution in [0.5, 0.6) is 0 Å². The van der Waals surface area contributed by atoms with Gasteiger partial charge in [0.2, 0.25) is 0 Å². The van der Waals surface area contributed by atoms with Crippen molar-refractivity contribution in [3.8, 4) is 0 Å². The van der Waals surface area contributed by atoms with Crippen LogP contribution in [0.2, 0.25) is 0 Å². The van der Waals surface area contributed by atoms with Crippen LogP contribution in [0.1, 0.15) is 31.4 Å². The summed E-state index contributed by atoms with van der Waals surface area (Å²) in [5.41, 5.74) is 1.37. The predicted octanol–water partition coefficient (Wildman–Crippen LogP) is 2.20. The Kier molecular flexibility index (Phi) is 4.30. The molecule has 15 heavy (non-hydrogen) atoms. The summed E-state index contributed by atoms with van der Waals surface area (Å²) >= 11 is 0. The van der Waals surface area contributed by atoms with Crippen LogP contribution >= 0.6 is 0 Å². The van der Waals surface area contributed by atoms with E-state index >= 15 is 0 Å². The average Bonchev–Trinajstić information content (AvgIpc) is 2.18. The summed E-state index contributed by atoms with van der Waals surface area (Å²) in [6.45, 7) is 7.56. The van der Waals surface area contributed by atoms with Crippen molar-refractivity contribution >= 4 is 0 Å². The molecule has 0 fully saturated rings. The Labute approximate surface area is 92.3 Å². The van der Waals surface area contributed by atoms with Crippen LogP contribution in [0.4, 0.5) is 0 Å². The van der Waals surface area contributed by atoms with Crippen molar-refractivity contribution in [2.45, 2.75) is 32.8 Å². The fourth-order valence-electron chi connectivity index (χ4n) is 1.78. The molecule has 84 valence electrons. The van der Waals surface area contributed by atoms with E-state index in [2.05, 4.69) is 12.2 Å². The molecule has 0 amide bonds. The number of aryl methyl sites for hydroxylation is 1. The highest BCUT2D eigenvalue weighted by Crippen LogP contribution is 2.22. The first-order valence-electron chi connectivity index (χ1n) is 5.57. The minimum Gasteiger partial charge on any atom is -0.384 e. The summed E-state index contributed by atoms with van der Waals surface area (Å²) < 4.78 is 0. The third-order valence-electron chi connectivity index (χ3n) is 2.62. The van der Waals surface area contributed by atoms with E-state index in [0.29, 0.717) is 6.54 Å². The highest BCUT2D eigenvalue weighted by atomic mass is 16.3. The standard InChI is InChI=1S/C13H21NO/c1-4-9-14-10-13(3,15)12-8-6-5-7-11(12)2/h5-8,14-15H,4,9-10H2,1-3H3. The molecule has 0 aliphatic heterocycles. The van der Waals surface area contributed by atoms with Gasteiger partial charge in [-0.25, -0.2) is 0 Å². The second kappa shape index (κ2) is 5.29. The molecule has 1 aromatic carbocycles. The number of aliphatic hydroxyl groups is 1. The van der Waals surface area contributed by atoms with Gasteiger partial charge in [-0.3, -0.25) is 0 Å². The average molecular weight is 207 g/mol. The van der Waals surface area contributed by atoms with Crippen LogP contribution < -0.4 is 5.32 Å². The van der Waals surface area contributed by atoms with Gasteiger partial charge in [0.1, 0.15) is 0 Å². The number of hydrogen-bond donors (Lipinski definition) is 2. The van der Waals surface area contributed by atoms with Crippen LogP contribution in [0.25, 0.3) is 0 Å². The summed E-state index contributed by atoms with van der Waals surface area (Å²) in [6, 6.07) is 7.98. The molecule has 0 saturated heterocycles. The van der Waals surface area contributed by atoms with Crippen LogP contribution in [0.15, 0.2) is 24.3 Å². The zero-order chi connectivity index (χ0) is 11.3. The number of rotatable bonds is 5. The first-order valence-corrected chi connectivity index (χ1v) is 5.57. The van der Waals surface area contributed by atoms with E-state index in [1.54, 1.807) is 0 Å². The Morgan fingerprint density at radius 1 is 1.33 bits per heavy atom. The minimum atomic E-state index is -0.777. The Hall–Kier alpha value is -0.860. The van der Waals surface area contributed by atoms with Gasteiger partial charge < -0.3 is 10.4 Å². The third kappa shape index (κ3) is 3.33. The van der Waals surface area contributed by atoms with E-state index in [1.165, 1.54) is 0 Å². The number of hydrogen-bond acceptors (Lipinski definition) is 2. The van der Waals surface area contributed by atoms with E-state index in [-0.39, 0.29) is 0 Å². The predicted molar refractivity (Wildman–Crippen MR) is 63.9 cm³/mol.